The molecule has 1 fully saturated rings. The van der Waals surface area contributed by atoms with Crippen LogP contribution in [0.15, 0.2) is 48.5 Å². The van der Waals surface area contributed by atoms with Crippen molar-refractivity contribution >= 4 is 5.91 Å². The highest BCUT2D eigenvalue weighted by molar-refractivity contribution is 5.76. The van der Waals surface area contributed by atoms with Crippen LogP contribution in [0.3, 0.4) is 0 Å². The molecule has 0 unspecified atom stereocenters. The molecule has 1 aliphatic rings. The van der Waals surface area contributed by atoms with Crippen LogP contribution in [-0.4, -0.2) is 61.6 Å². The summed E-state index contributed by atoms with van der Waals surface area (Å²) in [5.74, 6) is 1.52. The van der Waals surface area contributed by atoms with Crippen molar-refractivity contribution in [2.75, 3.05) is 45.9 Å². The average Bonchev–Trinajstić information content (AvgIpc) is 2.78. The molecule has 1 heterocycles. The maximum Gasteiger partial charge on any atom is 0.222 e. The first-order valence-corrected chi connectivity index (χ1v) is 11.1. The Morgan fingerprint density at radius 3 is 2.39 bits per heavy atom. The zero-order chi connectivity index (χ0) is 22.1. The summed E-state index contributed by atoms with van der Waals surface area (Å²) in [4.78, 5) is 16.8. The van der Waals surface area contributed by atoms with E-state index in [1.54, 1.807) is 18.2 Å². The maximum atomic E-state index is 13.6. The number of amides is 1. The van der Waals surface area contributed by atoms with Crippen molar-refractivity contribution in [2.45, 2.75) is 26.7 Å². The Kier molecular flexibility index (Phi) is 8.71. The van der Waals surface area contributed by atoms with Gasteiger partial charge < -0.3 is 14.4 Å². The number of carbonyl (C=O) groups excluding carboxylic acids is 1. The molecule has 0 bridgehead atoms. The molecule has 0 aromatic heterocycles. The van der Waals surface area contributed by atoms with E-state index in [1.165, 1.54) is 6.07 Å². The number of nitrogens with zero attached hydrogens (tertiary/aromatic N) is 2. The van der Waals surface area contributed by atoms with Gasteiger partial charge in [-0.2, -0.15) is 0 Å². The summed E-state index contributed by atoms with van der Waals surface area (Å²) in [5, 5.41) is 0. The average molecular weight is 429 g/mol. The number of piperazine rings is 1. The molecular formula is C25H33FN2O3. The second-order valence-electron chi connectivity index (χ2n) is 8.35. The highest BCUT2D eigenvalue weighted by Crippen LogP contribution is 2.16. The molecule has 0 N–H and O–H groups in total. The number of benzene rings is 2. The molecule has 5 nitrogen and oxygen atoms in total. The summed E-state index contributed by atoms with van der Waals surface area (Å²) in [6, 6.07) is 14.5. The van der Waals surface area contributed by atoms with Gasteiger partial charge in [-0.15, -0.1) is 0 Å². The Bertz CT molecular complexity index is 818. The molecule has 6 heteroatoms. The Morgan fingerprint density at radius 1 is 1.00 bits per heavy atom. The van der Waals surface area contributed by atoms with Crippen LogP contribution in [0.2, 0.25) is 0 Å². The third-order valence-electron chi connectivity index (χ3n) is 5.36. The van der Waals surface area contributed by atoms with Crippen LogP contribution in [0.4, 0.5) is 4.39 Å². The summed E-state index contributed by atoms with van der Waals surface area (Å²) < 4.78 is 24.8. The lowest BCUT2D eigenvalue weighted by Gasteiger charge is -2.34. The van der Waals surface area contributed by atoms with E-state index in [2.05, 4.69) is 18.7 Å². The molecule has 2 aromatic rings. The molecule has 0 spiro atoms. The number of ether oxygens (including phenoxy) is 2. The summed E-state index contributed by atoms with van der Waals surface area (Å²) in [7, 11) is 0. The molecule has 0 atom stereocenters. The number of halogens is 1. The highest BCUT2D eigenvalue weighted by atomic mass is 19.1. The number of para-hydroxylation sites is 1. The highest BCUT2D eigenvalue weighted by Gasteiger charge is 2.20. The fraction of sp³-hybridized carbons (Fsp3) is 0.480. The minimum Gasteiger partial charge on any atom is -0.493 e. The lowest BCUT2D eigenvalue weighted by atomic mass is 10.1. The Labute approximate surface area is 184 Å². The lowest BCUT2D eigenvalue weighted by molar-refractivity contribution is -0.132. The van der Waals surface area contributed by atoms with E-state index in [0.717, 1.165) is 50.5 Å². The Morgan fingerprint density at radius 2 is 1.71 bits per heavy atom. The fourth-order valence-electron chi connectivity index (χ4n) is 3.49. The topological polar surface area (TPSA) is 42.0 Å². The van der Waals surface area contributed by atoms with Crippen molar-refractivity contribution in [2.24, 2.45) is 5.92 Å². The van der Waals surface area contributed by atoms with E-state index in [-0.39, 0.29) is 17.5 Å². The number of carbonyl (C=O) groups is 1. The molecule has 1 amide bonds. The van der Waals surface area contributed by atoms with Crippen LogP contribution in [0.1, 0.15) is 25.8 Å². The standard InChI is InChI=1S/C25H33FN2O3/c1-20(2)19-31-22-10-7-21(8-11-22)9-12-25(29)28-15-13-27(14-16-28)17-18-30-24-6-4-3-5-23(24)26/h3-8,10-11,20H,9,12-19H2,1-2H3. The van der Waals surface area contributed by atoms with E-state index in [0.29, 0.717) is 25.6 Å². The van der Waals surface area contributed by atoms with Crippen molar-refractivity contribution in [1.29, 1.82) is 0 Å². The number of hydrogen-bond donors (Lipinski definition) is 0. The molecular weight excluding hydrogens is 395 g/mol. The minimum atomic E-state index is -0.337. The van der Waals surface area contributed by atoms with Crippen molar-refractivity contribution < 1.29 is 18.7 Å². The van der Waals surface area contributed by atoms with Crippen LogP contribution < -0.4 is 9.47 Å². The Hall–Kier alpha value is -2.60. The van der Waals surface area contributed by atoms with Crippen molar-refractivity contribution in [1.82, 2.24) is 9.80 Å². The summed E-state index contributed by atoms with van der Waals surface area (Å²) >= 11 is 0. The van der Waals surface area contributed by atoms with Gasteiger partial charge in [0.2, 0.25) is 5.91 Å². The molecule has 3 rings (SSSR count). The monoisotopic (exact) mass is 428 g/mol. The fourth-order valence-corrected chi connectivity index (χ4v) is 3.49. The zero-order valence-corrected chi connectivity index (χ0v) is 18.6. The first-order valence-electron chi connectivity index (χ1n) is 11.1. The van der Waals surface area contributed by atoms with Gasteiger partial charge in [0.05, 0.1) is 6.61 Å². The van der Waals surface area contributed by atoms with E-state index in [1.807, 2.05) is 29.2 Å². The molecule has 2 aromatic carbocycles. The summed E-state index contributed by atoms with van der Waals surface area (Å²) in [6.07, 6.45) is 1.25. The summed E-state index contributed by atoms with van der Waals surface area (Å²) in [5.41, 5.74) is 1.15. The quantitative estimate of drug-likeness (QED) is 0.573. The predicted molar refractivity (Wildman–Crippen MR) is 120 cm³/mol. The molecule has 0 radical (unpaired) electrons. The van der Waals surface area contributed by atoms with Crippen molar-refractivity contribution in [3.63, 3.8) is 0 Å². The molecule has 168 valence electrons. The second-order valence-corrected chi connectivity index (χ2v) is 8.35. The first kappa shape index (κ1) is 23.1. The van der Waals surface area contributed by atoms with Gasteiger partial charge in [0.1, 0.15) is 12.4 Å². The van der Waals surface area contributed by atoms with E-state index in [4.69, 9.17) is 9.47 Å². The predicted octanol–water partition coefficient (Wildman–Crippen LogP) is 4.02. The van der Waals surface area contributed by atoms with Gasteiger partial charge in [0, 0.05) is 39.1 Å². The van der Waals surface area contributed by atoms with Gasteiger partial charge in [-0.25, -0.2) is 4.39 Å². The number of rotatable bonds is 10. The first-order chi connectivity index (χ1) is 15.0. The second kappa shape index (κ2) is 11.7. The van der Waals surface area contributed by atoms with Gasteiger partial charge in [-0.05, 0) is 42.2 Å². The number of hydrogen-bond acceptors (Lipinski definition) is 4. The van der Waals surface area contributed by atoms with E-state index in [9.17, 15) is 9.18 Å². The van der Waals surface area contributed by atoms with Crippen molar-refractivity contribution in [3.8, 4) is 11.5 Å². The molecule has 0 saturated carbocycles. The zero-order valence-electron chi connectivity index (χ0n) is 18.6. The minimum absolute atomic E-state index is 0.197. The van der Waals surface area contributed by atoms with Crippen LogP contribution >= 0.6 is 0 Å². The third-order valence-corrected chi connectivity index (χ3v) is 5.36. The van der Waals surface area contributed by atoms with E-state index < -0.39 is 0 Å². The summed E-state index contributed by atoms with van der Waals surface area (Å²) in [6.45, 7) is 9.19. The largest absolute Gasteiger partial charge is 0.493 e. The SMILES string of the molecule is CC(C)COc1ccc(CCC(=O)N2CCN(CCOc3ccccc3F)CC2)cc1. The molecule has 0 aliphatic carbocycles. The van der Waals surface area contributed by atoms with Crippen LogP contribution in [0.5, 0.6) is 11.5 Å². The van der Waals surface area contributed by atoms with Crippen LogP contribution in [0, 0.1) is 11.7 Å². The molecule has 1 saturated heterocycles. The van der Waals surface area contributed by atoms with Gasteiger partial charge in [-0.3, -0.25) is 9.69 Å². The third kappa shape index (κ3) is 7.55. The van der Waals surface area contributed by atoms with Gasteiger partial charge in [0.15, 0.2) is 11.6 Å². The van der Waals surface area contributed by atoms with Crippen LogP contribution in [-0.2, 0) is 11.2 Å². The Balaban J connectivity index is 1.33. The molecule has 31 heavy (non-hydrogen) atoms. The smallest absolute Gasteiger partial charge is 0.222 e. The van der Waals surface area contributed by atoms with Gasteiger partial charge >= 0.3 is 0 Å². The molecule has 1 aliphatic heterocycles. The van der Waals surface area contributed by atoms with Crippen LogP contribution in [0.25, 0.3) is 0 Å². The lowest BCUT2D eigenvalue weighted by Crippen LogP contribution is -2.49. The van der Waals surface area contributed by atoms with Gasteiger partial charge in [-0.1, -0.05) is 38.1 Å². The van der Waals surface area contributed by atoms with Gasteiger partial charge in [0.25, 0.3) is 0 Å². The normalized spacial score (nSPS) is 14.6. The number of aryl methyl sites for hydroxylation is 1. The van der Waals surface area contributed by atoms with Crippen molar-refractivity contribution in [3.05, 3.63) is 59.9 Å². The maximum absolute atomic E-state index is 13.6. The van der Waals surface area contributed by atoms with E-state index >= 15 is 0 Å².